The number of carbonyl (C=O) groups is 1. The number of alkyl halides is 3. The number of nitrogens with one attached hydrogen (secondary N) is 3. The van der Waals surface area contributed by atoms with Crippen molar-refractivity contribution in [2.75, 3.05) is 5.32 Å². The van der Waals surface area contributed by atoms with E-state index in [1.807, 2.05) is 19.1 Å². The fourth-order valence-electron chi connectivity index (χ4n) is 3.79. The number of H-pyrrole nitrogens is 1. The molecule has 2 heterocycles. The van der Waals surface area contributed by atoms with E-state index >= 15 is 0 Å². The number of hydrogen-bond acceptors (Lipinski definition) is 6. The van der Waals surface area contributed by atoms with Crippen molar-refractivity contribution < 1.29 is 22.4 Å². The average molecular weight is 559 g/mol. The Morgan fingerprint density at radius 1 is 1.19 bits per heavy atom. The van der Waals surface area contributed by atoms with Gasteiger partial charge in [-0.1, -0.05) is 0 Å². The number of aryl methyl sites for hydroxylation is 1. The average Bonchev–Trinajstić information content (AvgIpc) is 3.17. The molecule has 5 rings (SSSR count). The van der Waals surface area contributed by atoms with Crippen LogP contribution in [0, 0.1) is 6.92 Å². The summed E-state index contributed by atoms with van der Waals surface area (Å²) >= 11 is -0.946. The molecule has 4 aromatic rings. The number of amides is 1. The summed E-state index contributed by atoms with van der Waals surface area (Å²) in [4.78, 5) is 35.2. The van der Waals surface area contributed by atoms with Crippen LogP contribution in [0.5, 0.6) is 0 Å². The minimum atomic E-state index is -4.71. The molecule has 0 spiro atoms. The van der Waals surface area contributed by atoms with Crippen LogP contribution >= 0.6 is 0 Å². The normalized spacial score (nSPS) is 14.3. The van der Waals surface area contributed by atoms with Crippen molar-refractivity contribution in [1.29, 1.82) is 0 Å². The molecule has 3 N–H and O–H groups in total. The molecule has 36 heavy (non-hydrogen) atoms. The third kappa shape index (κ3) is 5.16. The first-order valence-corrected chi connectivity index (χ1v) is 13.3. The molecular formula is C24H21AsF3N5O3. The molecule has 0 aliphatic heterocycles. The van der Waals surface area contributed by atoms with Crippen molar-refractivity contribution in [3.8, 4) is 0 Å². The summed E-state index contributed by atoms with van der Waals surface area (Å²) in [7, 11) is 0. The van der Waals surface area contributed by atoms with Crippen molar-refractivity contribution in [3.63, 3.8) is 0 Å². The van der Waals surface area contributed by atoms with Crippen LogP contribution in [0.2, 0.25) is 0 Å². The van der Waals surface area contributed by atoms with Crippen molar-refractivity contribution in [2.45, 2.75) is 38.4 Å². The number of rotatable bonds is 6. The van der Waals surface area contributed by atoms with Gasteiger partial charge >= 0.3 is 203 Å². The Hall–Kier alpha value is -3.59. The number of benzene rings is 2. The molecule has 1 saturated carbocycles. The zero-order valence-electron chi connectivity index (χ0n) is 19.0. The van der Waals surface area contributed by atoms with Crippen LogP contribution in [0.3, 0.4) is 0 Å². The summed E-state index contributed by atoms with van der Waals surface area (Å²) in [5.41, 5.74) is 0.585. The van der Waals surface area contributed by atoms with Gasteiger partial charge in [0.05, 0.1) is 0 Å². The number of carbonyl (C=O) groups excluding carboxylic acids is 1. The van der Waals surface area contributed by atoms with E-state index in [1.165, 1.54) is 12.1 Å². The molecule has 0 saturated heterocycles. The molecule has 1 atom stereocenters. The van der Waals surface area contributed by atoms with Crippen molar-refractivity contribution in [2.24, 2.45) is 0 Å². The maximum absolute atomic E-state index is 13.8. The molecular weight excluding hydrogens is 538 g/mol. The van der Waals surface area contributed by atoms with E-state index < -0.39 is 44.7 Å². The van der Waals surface area contributed by atoms with Crippen LogP contribution in [0.1, 0.15) is 40.7 Å². The summed E-state index contributed by atoms with van der Waals surface area (Å²) in [6.07, 6.45) is -0.592. The third-order valence-corrected chi connectivity index (χ3v) is 8.74. The van der Waals surface area contributed by atoms with Gasteiger partial charge in [0.15, 0.2) is 0 Å². The fraction of sp³-hybridized carbons (Fsp3) is 0.250. The number of hydrogen-bond donors (Lipinski definition) is 3. The summed E-state index contributed by atoms with van der Waals surface area (Å²) in [6, 6.07) is 8.81. The number of fused-ring (bicyclic) bond motifs is 1. The first-order valence-electron chi connectivity index (χ1n) is 11.2. The third-order valence-electron chi connectivity index (χ3n) is 5.92. The molecule has 1 aliphatic rings. The molecule has 2 aromatic heterocycles. The molecule has 1 unspecified atom stereocenters. The van der Waals surface area contributed by atoms with Crippen molar-refractivity contribution >= 4 is 53.2 Å². The number of nitrogens with zero attached hydrogens (tertiary/aromatic N) is 2. The second-order valence-electron chi connectivity index (χ2n) is 8.56. The van der Waals surface area contributed by atoms with E-state index in [0.717, 1.165) is 39.7 Å². The van der Waals surface area contributed by atoms with Gasteiger partial charge in [0.1, 0.15) is 0 Å². The van der Waals surface area contributed by atoms with Gasteiger partial charge in [0.2, 0.25) is 0 Å². The molecule has 12 heteroatoms. The van der Waals surface area contributed by atoms with E-state index in [-0.39, 0.29) is 17.7 Å². The Morgan fingerprint density at radius 2 is 2.00 bits per heavy atom. The first kappa shape index (κ1) is 24.1. The Kier molecular flexibility index (Phi) is 6.34. The zero-order valence-corrected chi connectivity index (χ0v) is 21.1. The van der Waals surface area contributed by atoms with Crippen LogP contribution in [-0.2, 0) is 6.18 Å². The van der Waals surface area contributed by atoms with Gasteiger partial charge in [-0.3, -0.25) is 0 Å². The molecule has 186 valence electrons. The predicted octanol–water partition coefficient (Wildman–Crippen LogP) is 2.65. The molecule has 1 amide bonds. The van der Waals surface area contributed by atoms with Gasteiger partial charge in [-0.25, -0.2) is 0 Å². The summed E-state index contributed by atoms with van der Waals surface area (Å²) in [5.74, 6) is -1.11. The molecule has 0 radical (unpaired) electrons. The Labute approximate surface area is 209 Å². The second-order valence-corrected chi connectivity index (χ2v) is 11.3. The number of halogens is 3. The van der Waals surface area contributed by atoms with E-state index in [4.69, 9.17) is 4.42 Å². The molecule has 8 nitrogen and oxygen atoms in total. The van der Waals surface area contributed by atoms with Gasteiger partial charge in [-0.15, -0.1) is 0 Å². The molecule has 2 aromatic carbocycles. The Balaban J connectivity index is 1.38. The summed E-state index contributed by atoms with van der Waals surface area (Å²) < 4.78 is 48.1. The number of aromatic amines is 1. The Morgan fingerprint density at radius 3 is 2.72 bits per heavy atom. The van der Waals surface area contributed by atoms with Crippen molar-refractivity contribution in [1.82, 2.24) is 20.3 Å². The first-order chi connectivity index (χ1) is 17.2. The quantitative estimate of drug-likeness (QED) is 0.313. The van der Waals surface area contributed by atoms with Crippen LogP contribution in [-0.4, -0.2) is 42.7 Å². The van der Waals surface area contributed by atoms with Crippen LogP contribution in [0.25, 0.3) is 11.1 Å². The summed E-state index contributed by atoms with van der Waals surface area (Å²) in [6.45, 7) is 1.86. The van der Waals surface area contributed by atoms with Gasteiger partial charge in [-0.05, 0) is 6.42 Å². The van der Waals surface area contributed by atoms with E-state index in [9.17, 15) is 22.8 Å². The topological polar surface area (TPSA) is 113 Å². The number of anilines is 2. The number of aromatic nitrogens is 3. The zero-order chi connectivity index (χ0) is 25.4. The van der Waals surface area contributed by atoms with E-state index in [2.05, 4.69) is 25.6 Å². The maximum atomic E-state index is 13.8. The number of oxazole rings is 1. The SMILES string of the molecule is Cc1cnc(Nc2ccc(C(=O)NC3CCC3)c(C(F)(F)F)c2)nc1[AsH]c1ccc2oc(=O)[nH]c2c1. The van der Waals surface area contributed by atoms with Gasteiger partial charge in [-0.2, -0.15) is 0 Å². The van der Waals surface area contributed by atoms with Gasteiger partial charge in [0, 0.05) is 0 Å². The standard InChI is InChI=1S/C24H21AsF3N5O3/c1-12-11-29-22(33-20(12)25-13-5-8-19-18(9-13)32-23(35)36-19)31-15-6-7-16(17(10-15)24(26,27)28)21(34)30-14-3-2-4-14/h5-11,14,25H,2-4H2,1H3,(H,30,34)(H,32,35)(H,29,31,33). The Bertz CT molecular complexity index is 1510. The molecule has 1 aliphatic carbocycles. The minimum absolute atomic E-state index is 0.0750. The van der Waals surface area contributed by atoms with Crippen LogP contribution in [0.15, 0.2) is 51.8 Å². The van der Waals surface area contributed by atoms with Gasteiger partial charge < -0.3 is 0 Å². The summed E-state index contributed by atoms with van der Waals surface area (Å²) in [5, 5.41) is 5.49. The second kappa shape index (κ2) is 9.46. The fourth-order valence-corrected chi connectivity index (χ4v) is 6.06. The van der Waals surface area contributed by atoms with Crippen LogP contribution in [0.4, 0.5) is 24.8 Å². The van der Waals surface area contributed by atoms with Gasteiger partial charge in [0.25, 0.3) is 0 Å². The van der Waals surface area contributed by atoms with E-state index in [1.54, 1.807) is 12.3 Å². The van der Waals surface area contributed by atoms with Crippen LogP contribution < -0.4 is 25.2 Å². The molecule has 0 bridgehead atoms. The monoisotopic (exact) mass is 559 g/mol. The molecule has 1 fully saturated rings. The van der Waals surface area contributed by atoms with E-state index in [0.29, 0.717) is 11.1 Å². The van der Waals surface area contributed by atoms with Crippen molar-refractivity contribution in [3.05, 3.63) is 69.8 Å². The predicted molar refractivity (Wildman–Crippen MR) is 130 cm³/mol.